The molecule has 0 saturated heterocycles. The molecule has 154 valence electrons. The molecular weight excluding hydrogens is 392 g/mol. The number of para-hydroxylation sites is 2. The van der Waals surface area contributed by atoms with E-state index in [2.05, 4.69) is 5.10 Å². The average molecular weight is 412 g/mol. The van der Waals surface area contributed by atoms with Crippen LogP contribution in [-0.4, -0.2) is 35.7 Å². The molecule has 0 N–H and O–H groups in total. The zero-order valence-corrected chi connectivity index (χ0v) is 16.7. The largest absolute Gasteiger partial charge is 0.457 e. The summed E-state index contributed by atoms with van der Waals surface area (Å²) in [6, 6.07) is 24.5. The fourth-order valence-electron chi connectivity index (χ4n) is 3.93. The van der Waals surface area contributed by atoms with Gasteiger partial charge in [0.2, 0.25) is 0 Å². The van der Waals surface area contributed by atoms with Crippen LogP contribution in [-0.2, 0) is 14.3 Å². The van der Waals surface area contributed by atoms with Gasteiger partial charge in [-0.15, -0.1) is 0 Å². The summed E-state index contributed by atoms with van der Waals surface area (Å²) < 4.78 is 11.4. The molecule has 0 bridgehead atoms. The second-order valence-electron chi connectivity index (χ2n) is 7.40. The van der Waals surface area contributed by atoms with Crippen LogP contribution in [0.3, 0.4) is 0 Å². The molecule has 0 unspecified atom stereocenters. The second kappa shape index (κ2) is 8.07. The Morgan fingerprint density at radius 3 is 2.19 bits per heavy atom. The Labute approximate surface area is 179 Å². The van der Waals surface area contributed by atoms with Crippen molar-refractivity contribution in [2.24, 2.45) is 5.10 Å². The van der Waals surface area contributed by atoms with Gasteiger partial charge in [-0.3, -0.25) is 9.59 Å². The third-order valence-corrected chi connectivity index (χ3v) is 5.45. The van der Waals surface area contributed by atoms with E-state index in [1.165, 1.54) is 5.01 Å². The summed E-state index contributed by atoms with van der Waals surface area (Å²) in [5.74, 6) is -0.232. The summed E-state index contributed by atoms with van der Waals surface area (Å²) in [5.41, 5.74) is 3.30. The first-order valence-corrected chi connectivity index (χ1v) is 10.2. The number of ether oxygens (including phenoxy) is 2. The van der Waals surface area contributed by atoms with E-state index in [1.54, 1.807) is 0 Å². The van der Waals surface area contributed by atoms with E-state index in [1.807, 2.05) is 78.9 Å². The number of amides is 1. The lowest BCUT2D eigenvalue weighted by Gasteiger charge is -2.26. The Bertz CT molecular complexity index is 1130. The molecule has 0 radical (unpaired) electrons. The number of hydrazone groups is 1. The quantitative estimate of drug-likeness (QED) is 0.605. The van der Waals surface area contributed by atoms with Gasteiger partial charge in [-0.1, -0.05) is 66.7 Å². The van der Waals surface area contributed by atoms with Gasteiger partial charge in [-0.2, -0.15) is 5.10 Å². The summed E-state index contributed by atoms with van der Waals surface area (Å²) in [6.07, 6.45) is 0.671. The highest BCUT2D eigenvalue weighted by Gasteiger charge is 2.34. The molecule has 0 atom stereocenters. The van der Waals surface area contributed by atoms with Gasteiger partial charge in [-0.25, -0.2) is 5.01 Å². The molecule has 6 nitrogen and oxygen atoms in total. The fourth-order valence-corrected chi connectivity index (χ4v) is 3.93. The van der Waals surface area contributed by atoms with E-state index in [0.717, 1.165) is 22.4 Å². The Morgan fingerprint density at radius 1 is 0.903 bits per heavy atom. The normalized spacial score (nSPS) is 14.8. The molecule has 2 aliphatic heterocycles. The van der Waals surface area contributed by atoms with E-state index < -0.39 is 11.9 Å². The smallest absolute Gasteiger partial charge is 0.318 e. The number of nitrogens with zero attached hydrogens (tertiary/aromatic N) is 2. The van der Waals surface area contributed by atoms with Crippen molar-refractivity contribution < 1.29 is 19.1 Å². The van der Waals surface area contributed by atoms with Crippen molar-refractivity contribution in [1.29, 1.82) is 0 Å². The van der Waals surface area contributed by atoms with Gasteiger partial charge in [0.15, 0.2) is 6.61 Å². The summed E-state index contributed by atoms with van der Waals surface area (Å²) >= 11 is 0. The minimum Gasteiger partial charge on any atom is -0.457 e. The van der Waals surface area contributed by atoms with E-state index >= 15 is 0 Å². The Kier molecular flexibility index (Phi) is 4.96. The van der Waals surface area contributed by atoms with Crippen LogP contribution in [0.5, 0.6) is 11.5 Å². The Hall–Kier alpha value is -3.93. The monoisotopic (exact) mass is 412 g/mol. The molecule has 0 fully saturated rings. The molecule has 6 heteroatoms. The van der Waals surface area contributed by atoms with Crippen LogP contribution < -0.4 is 4.74 Å². The minimum atomic E-state index is -0.643. The molecule has 0 aliphatic carbocycles. The zero-order chi connectivity index (χ0) is 21.2. The van der Waals surface area contributed by atoms with Crippen LogP contribution >= 0.6 is 0 Å². The number of carbonyl (C=O) groups is 2. The predicted molar refractivity (Wildman–Crippen MR) is 115 cm³/mol. The maximum Gasteiger partial charge on any atom is 0.318 e. The molecule has 31 heavy (non-hydrogen) atoms. The number of rotatable bonds is 4. The standard InChI is InChI=1S/C25H20N2O4/c28-23(27-15-14-20(26-27)17-8-2-1-3-9-17)16-30-25(29)24-18-10-4-6-12-21(18)31-22-13-7-5-11-19(22)24/h1-13,24H,14-16H2. The summed E-state index contributed by atoms with van der Waals surface area (Å²) in [7, 11) is 0. The van der Waals surface area contributed by atoms with Gasteiger partial charge in [0.05, 0.1) is 12.3 Å². The third kappa shape index (κ3) is 3.68. The zero-order valence-electron chi connectivity index (χ0n) is 16.7. The molecule has 0 spiro atoms. The van der Waals surface area contributed by atoms with Crippen molar-refractivity contribution in [2.75, 3.05) is 13.2 Å². The molecule has 3 aromatic carbocycles. The number of esters is 1. The van der Waals surface area contributed by atoms with E-state index in [-0.39, 0.29) is 12.5 Å². The van der Waals surface area contributed by atoms with Crippen LogP contribution in [0.4, 0.5) is 0 Å². The minimum absolute atomic E-state index is 0.340. The third-order valence-electron chi connectivity index (χ3n) is 5.45. The molecule has 5 rings (SSSR count). The van der Waals surface area contributed by atoms with Gasteiger partial charge >= 0.3 is 5.97 Å². The van der Waals surface area contributed by atoms with Gasteiger partial charge in [0.25, 0.3) is 5.91 Å². The van der Waals surface area contributed by atoms with E-state index in [0.29, 0.717) is 24.5 Å². The van der Waals surface area contributed by atoms with Gasteiger partial charge < -0.3 is 9.47 Å². The van der Waals surface area contributed by atoms with Crippen LogP contribution in [0.15, 0.2) is 84.0 Å². The maximum atomic E-state index is 13.0. The summed E-state index contributed by atoms with van der Waals surface area (Å²) in [4.78, 5) is 25.7. The number of hydrogen-bond acceptors (Lipinski definition) is 5. The maximum absolute atomic E-state index is 13.0. The second-order valence-corrected chi connectivity index (χ2v) is 7.40. The highest BCUT2D eigenvalue weighted by Crippen LogP contribution is 2.44. The predicted octanol–water partition coefficient (Wildman–Crippen LogP) is 4.10. The first-order valence-electron chi connectivity index (χ1n) is 10.2. The number of benzene rings is 3. The fraction of sp³-hybridized carbons (Fsp3) is 0.160. The van der Waals surface area contributed by atoms with Crippen LogP contribution in [0.1, 0.15) is 29.0 Å². The molecule has 0 saturated carbocycles. The van der Waals surface area contributed by atoms with E-state index in [9.17, 15) is 9.59 Å². The Balaban J connectivity index is 1.30. The van der Waals surface area contributed by atoms with Crippen LogP contribution in [0, 0.1) is 0 Å². The topological polar surface area (TPSA) is 68.2 Å². The number of hydrogen-bond donors (Lipinski definition) is 0. The highest BCUT2D eigenvalue weighted by molar-refractivity contribution is 6.02. The van der Waals surface area contributed by atoms with Crippen molar-refractivity contribution in [2.45, 2.75) is 12.3 Å². The number of carbonyl (C=O) groups excluding carboxylic acids is 2. The first kappa shape index (κ1) is 19.1. The van der Waals surface area contributed by atoms with Crippen molar-refractivity contribution in [3.63, 3.8) is 0 Å². The molecular formula is C25H20N2O4. The lowest BCUT2D eigenvalue weighted by atomic mass is 9.88. The molecule has 2 aliphatic rings. The molecule has 1 amide bonds. The average Bonchev–Trinajstić information content (AvgIpc) is 3.32. The van der Waals surface area contributed by atoms with E-state index in [4.69, 9.17) is 9.47 Å². The van der Waals surface area contributed by atoms with Gasteiger partial charge in [-0.05, 0) is 17.7 Å². The first-order chi connectivity index (χ1) is 15.2. The molecule has 3 aromatic rings. The lowest BCUT2D eigenvalue weighted by molar-refractivity contribution is -0.152. The van der Waals surface area contributed by atoms with Crippen molar-refractivity contribution in [1.82, 2.24) is 5.01 Å². The Morgan fingerprint density at radius 2 is 1.52 bits per heavy atom. The molecule has 0 aromatic heterocycles. The SMILES string of the molecule is O=C(OCC(=O)N1CCC(c2ccccc2)=N1)C1c2ccccc2Oc2ccccc21. The lowest BCUT2D eigenvalue weighted by Crippen LogP contribution is -2.30. The van der Waals surface area contributed by atoms with Gasteiger partial charge in [0, 0.05) is 17.5 Å². The summed E-state index contributed by atoms with van der Waals surface area (Å²) in [5, 5.41) is 5.79. The highest BCUT2D eigenvalue weighted by atomic mass is 16.5. The number of fused-ring (bicyclic) bond motifs is 2. The molecule has 2 heterocycles. The summed E-state index contributed by atoms with van der Waals surface area (Å²) in [6.45, 7) is 0.121. The van der Waals surface area contributed by atoms with Crippen molar-refractivity contribution in [3.05, 3.63) is 95.6 Å². The van der Waals surface area contributed by atoms with Crippen LogP contribution in [0.25, 0.3) is 0 Å². The van der Waals surface area contributed by atoms with Gasteiger partial charge in [0.1, 0.15) is 17.4 Å². The van der Waals surface area contributed by atoms with Crippen LogP contribution in [0.2, 0.25) is 0 Å². The van der Waals surface area contributed by atoms with Crippen molar-refractivity contribution in [3.8, 4) is 11.5 Å². The van der Waals surface area contributed by atoms with Crippen molar-refractivity contribution >= 4 is 17.6 Å².